The molecule has 4 aliphatic heterocycles. The first-order chi connectivity index (χ1) is 7.29. The van der Waals surface area contributed by atoms with Crippen molar-refractivity contribution in [3.8, 4) is 0 Å². The van der Waals surface area contributed by atoms with Crippen molar-refractivity contribution in [1.29, 1.82) is 0 Å². The van der Waals surface area contributed by atoms with E-state index in [9.17, 15) is 9.90 Å². The molecule has 0 spiro atoms. The maximum atomic E-state index is 11.6. The van der Waals surface area contributed by atoms with Gasteiger partial charge in [-0.05, 0) is 5.57 Å². The third-order valence-corrected chi connectivity index (χ3v) is 3.85. The monoisotopic (exact) mass is 210 g/mol. The number of hydrogen-bond acceptors (Lipinski definition) is 5. The van der Waals surface area contributed by atoms with Gasteiger partial charge in [0.25, 0.3) is 0 Å². The van der Waals surface area contributed by atoms with Crippen LogP contribution >= 0.6 is 0 Å². The lowest BCUT2D eigenvalue weighted by molar-refractivity contribution is -0.301. The molecule has 1 N–H and O–H groups in total. The van der Waals surface area contributed by atoms with Crippen LogP contribution in [0.2, 0.25) is 0 Å². The van der Waals surface area contributed by atoms with Crippen LogP contribution < -0.4 is 0 Å². The van der Waals surface area contributed by atoms with E-state index in [2.05, 4.69) is 0 Å². The van der Waals surface area contributed by atoms with E-state index in [1.165, 1.54) is 0 Å². The molecule has 4 bridgehead atoms. The minimum absolute atomic E-state index is 0.00134. The molecule has 5 nitrogen and oxygen atoms in total. The average molecular weight is 210 g/mol. The van der Waals surface area contributed by atoms with Crippen LogP contribution in [0.3, 0.4) is 0 Å². The van der Waals surface area contributed by atoms with E-state index in [-0.39, 0.29) is 36.4 Å². The average Bonchev–Trinajstić information content (AvgIpc) is 2.68. The lowest BCUT2D eigenvalue weighted by Crippen LogP contribution is -2.55. The van der Waals surface area contributed by atoms with Crippen LogP contribution in [0.25, 0.3) is 0 Å². The summed E-state index contributed by atoms with van der Waals surface area (Å²) in [6.07, 6.45) is 0.854. The second-order valence-electron chi connectivity index (χ2n) is 4.44. The first kappa shape index (κ1) is 8.27. The Morgan fingerprint density at radius 2 is 2.13 bits per heavy atom. The van der Waals surface area contributed by atoms with Crippen LogP contribution in [0.15, 0.2) is 11.6 Å². The second-order valence-corrected chi connectivity index (χ2v) is 4.44. The summed E-state index contributed by atoms with van der Waals surface area (Å²) in [5, 5.41) is 9.21. The quantitative estimate of drug-likeness (QED) is 0.462. The zero-order valence-electron chi connectivity index (χ0n) is 7.83. The van der Waals surface area contributed by atoms with E-state index < -0.39 is 12.6 Å². The Morgan fingerprint density at radius 1 is 1.27 bits per heavy atom. The summed E-state index contributed by atoms with van der Waals surface area (Å²) in [6.45, 7) is -0.0180. The Labute approximate surface area is 85.6 Å². The second kappa shape index (κ2) is 2.42. The molecule has 4 fully saturated rings. The van der Waals surface area contributed by atoms with Crippen molar-refractivity contribution in [3.63, 3.8) is 0 Å². The Bertz CT molecular complexity index is 376. The Kier molecular flexibility index (Phi) is 1.34. The molecule has 4 heterocycles. The highest BCUT2D eigenvalue weighted by atomic mass is 16.8. The molecular formula is C10H10O5. The summed E-state index contributed by atoms with van der Waals surface area (Å²) in [4.78, 5) is 11.6. The van der Waals surface area contributed by atoms with Gasteiger partial charge < -0.3 is 19.3 Å². The molecule has 0 aromatic carbocycles. The van der Waals surface area contributed by atoms with Gasteiger partial charge in [-0.3, -0.25) is 4.79 Å². The molecule has 0 aromatic rings. The van der Waals surface area contributed by atoms with E-state index >= 15 is 0 Å². The number of aliphatic hydroxyl groups is 1. The molecule has 5 rings (SSSR count). The summed E-state index contributed by atoms with van der Waals surface area (Å²) in [6, 6.07) is 0. The third-order valence-electron chi connectivity index (χ3n) is 3.85. The van der Waals surface area contributed by atoms with Crippen molar-refractivity contribution in [2.75, 3.05) is 6.61 Å². The molecule has 5 heteroatoms. The molecule has 0 amide bonds. The Balaban J connectivity index is 1.84. The van der Waals surface area contributed by atoms with Gasteiger partial charge in [-0.1, -0.05) is 6.08 Å². The van der Waals surface area contributed by atoms with Crippen LogP contribution in [0.4, 0.5) is 0 Å². The molecule has 5 aliphatic rings. The van der Waals surface area contributed by atoms with E-state index in [1.54, 1.807) is 0 Å². The molecule has 1 aliphatic carbocycles. The molecule has 0 aromatic heterocycles. The molecule has 4 saturated heterocycles. The van der Waals surface area contributed by atoms with Crippen LogP contribution in [-0.4, -0.2) is 36.4 Å². The number of rotatable bonds is 1. The Morgan fingerprint density at radius 3 is 2.93 bits per heavy atom. The molecule has 15 heavy (non-hydrogen) atoms. The SMILES string of the molecule is O=C1O[C@@H]2O[C@H]3OC4C=C(CO)[C@@H]2[C@H]4[C@@H]13. The zero-order chi connectivity index (χ0) is 10.2. The normalized spacial score (nSPS) is 54.5. The number of aliphatic hydroxyl groups excluding tert-OH is 1. The van der Waals surface area contributed by atoms with E-state index in [0.717, 1.165) is 5.57 Å². The molecular weight excluding hydrogens is 200 g/mol. The van der Waals surface area contributed by atoms with Crippen molar-refractivity contribution in [2.45, 2.75) is 18.7 Å². The fourth-order valence-electron chi connectivity index (χ4n) is 3.27. The van der Waals surface area contributed by atoms with Gasteiger partial charge in [0.05, 0.1) is 18.6 Å². The number of ether oxygens (including phenoxy) is 3. The minimum Gasteiger partial charge on any atom is -0.435 e. The standard InChI is InChI=1S/C10H10O5/c11-2-3-1-4-6-5(3)9-14-8(12)7(6)10(13-4)15-9/h1,4-7,9-11H,2H2/t4?,5-,6+,7+,9-,10-/m1/s1. The topological polar surface area (TPSA) is 65.0 Å². The van der Waals surface area contributed by atoms with E-state index in [4.69, 9.17) is 14.2 Å². The molecule has 80 valence electrons. The number of hydrogen-bond donors (Lipinski definition) is 1. The molecule has 1 unspecified atom stereocenters. The van der Waals surface area contributed by atoms with Gasteiger partial charge in [0.15, 0.2) is 6.29 Å². The lowest BCUT2D eigenvalue weighted by atomic mass is 9.77. The first-order valence-corrected chi connectivity index (χ1v) is 5.12. The number of carbonyl (C=O) groups is 1. The van der Waals surface area contributed by atoms with Gasteiger partial charge in [0.1, 0.15) is 5.92 Å². The number of esters is 1. The van der Waals surface area contributed by atoms with Gasteiger partial charge in [-0.15, -0.1) is 0 Å². The summed E-state index contributed by atoms with van der Waals surface area (Å²) >= 11 is 0. The van der Waals surface area contributed by atoms with Crippen LogP contribution in [-0.2, 0) is 19.0 Å². The number of fused-ring (bicyclic) bond motifs is 1. The van der Waals surface area contributed by atoms with Crippen molar-refractivity contribution >= 4 is 5.97 Å². The molecule has 6 atom stereocenters. The molecule has 0 radical (unpaired) electrons. The van der Waals surface area contributed by atoms with Gasteiger partial charge >= 0.3 is 5.97 Å². The summed E-state index contributed by atoms with van der Waals surface area (Å²) in [7, 11) is 0. The highest BCUT2D eigenvalue weighted by Gasteiger charge is 2.66. The fraction of sp³-hybridized carbons (Fsp3) is 0.700. The van der Waals surface area contributed by atoms with E-state index in [0.29, 0.717) is 0 Å². The van der Waals surface area contributed by atoms with Crippen molar-refractivity contribution in [2.24, 2.45) is 17.8 Å². The smallest absolute Gasteiger partial charge is 0.316 e. The van der Waals surface area contributed by atoms with Gasteiger partial charge in [0.2, 0.25) is 6.29 Å². The summed E-state index contributed by atoms with van der Waals surface area (Å²) in [5.41, 5.74) is 0.880. The van der Waals surface area contributed by atoms with Gasteiger partial charge in [-0.2, -0.15) is 0 Å². The van der Waals surface area contributed by atoms with Crippen molar-refractivity contribution < 1.29 is 24.1 Å². The minimum atomic E-state index is -0.552. The molecule has 0 saturated carbocycles. The largest absolute Gasteiger partial charge is 0.435 e. The van der Waals surface area contributed by atoms with E-state index in [1.807, 2.05) is 6.08 Å². The van der Waals surface area contributed by atoms with Gasteiger partial charge in [0, 0.05) is 5.92 Å². The highest BCUT2D eigenvalue weighted by molar-refractivity contribution is 5.76. The highest BCUT2D eigenvalue weighted by Crippen LogP contribution is 2.56. The zero-order valence-corrected chi connectivity index (χ0v) is 7.83. The fourth-order valence-corrected chi connectivity index (χ4v) is 3.27. The van der Waals surface area contributed by atoms with Gasteiger partial charge in [-0.25, -0.2) is 0 Å². The third kappa shape index (κ3) is 0.792. The van der Waals surface area contributed by atoms with Crippen molar-refractivity contribution in [3.05, 3.63) is 11.6 Å². The number of carbonyl (C=O) groups excluding carboxylic acids is 1. The first-order valence-electron chi connectivity index (χ1n) is 5.12. The summed E-state index contributed by atoms with van der Waals surface area (Å²) in [5.74, 6) is -0.392. The lowest BCUT2D eigenvalue weighted by Gasteiger charge is -2.43. The maximum Gasteiger partial charge on any atom is 0.316 e. The van der Waals surface area contributed by atoms with Crippen LogP contribution in [0.5, 0.6) is 0 Å². The predicted molar refractivity (Wildman–Crippen MR) is 45.3 cm³/mol. The van der Waals surface area contributed by atoms with Crippen LogP contribution in [0, 0.1) is 17.8 Å². The predicted octanol–water partition coefficient (Wildman–Crippen LogP) is -0.595. The van der Waals surface area contributed by atoms with Crippen molar-refractivity contribution in [1.82, 2.24) is 0 Å². The van der Waals surface area contributed by atoms with Crippen LogP contribution in [0.1, 0.15) is 0 Å². The summed E-state index contributed by atoms with van der Waals surface area (Å²) < 4.78 is 16.2. The Hall–Kier alpha value is -0.910. The maximum absolute atomic E-state index is 11.6.